The van der Waals surface area contributed by atoms with Crippen LogP contribution in [0.25, 0.3) is 6.08 Å². The summed E-state index contributed by atoms with van der Waals surface area (Å²) in [4.78, 5) is 26.1. The predicted molar refractivity (Wildman–Crippen MR) is 123 cm³/mol. The number of rotatable bonds is 7. The number of nitrogens with one attached hydrogen (secondary N) is 2. The van der Waals surface area contributed by atoms with E-state index in [0.717, 1.165) is 0 Å². The van der Waals surface area contributed by atoms with Crippen LogP contribution in [0, 0.1) is 0 Å². The number of para-hydroxylation sites is 1. The molecule has 168 valence electrons. The molecule has 0 aromatic heterocycles. The minimum Gasteiger partial charge on any atom is -0.497 e. The Bertz CT molecular complexity index is 1200. The van der Waals surface area contributed by atoms with Crippen LogP contribution >= 0.6 is 0 Å². The minimum atomic E-state index is -0.499. The van der Waals surface area contributed by atoms with Crippen molar-refractivity contribution in [1.29, 1.82) is 0 Å². The second-order valence-electron chi connectivity index (χ2n) is 7.01. The lowest BCUT2D eigenvalue weighted by molar-refractivity contribution is -0.113. The number of anilines is 1. The van der Waals surface area contributed by atoms with Crippen LogP contribution in [0.1, 0.15) is 15.9 Å². The number of methoxy groups -OCH3 is 2. The molecule has 0 radical (unpaired) electrons. The van der Waals surface area contributed by atoms with E-state index in [1.165, 1.54) is 7.11 Å². The van der Waals surface area contributed by atoms with Gasteiger partial charge in [0, 0.05) is 5.69 Å². The Kier molecular flexibility index (Phi) is 6.45. The number of hydrogen-bond donors (Lipinski definition) is 2. The van der Waals surface area contributed by atoms with Crippen LogP contribution in [0.5, 0.6) is 23.0 Å². The fourth-order valence-corrected chi connectivity index (χ4v) is 3.22. The van der Waals surface area contributed by atoms with Gasteiger partial charge < -0.3 is 29.6 Å². The van der Waals surface area contributed by atoms with Gasteiger partial charge in [-0.2, -0.15) is 0 Å². The molecule has 0 saturated carbocycles. The van der Waals surface area contributed by atoms with Gasteiger partial charge in [-0.3, -0.25) is 9.59 Å². The first-order valence-corrected chi connectivity index (χ1v) is 10.1. The summed E-state index contributed by atoms with van der Waals surface area (Å²) in [5.41, 5.74) is 1.54. The number of carbonyl (C=O) groups excluding carboxylic acids is 2. The highest BCUT2D eigenvalue weighted by Crippen LogP contribution is 2.33. The van der Waals surface area contributed by atoms with E-state index in [4.69, 9.17) is 18.9 Å². The lowest BCUT2D eigenvalue weighted by Crippen LogP contribution is -2.31. The Morgan fingerprint density at radius 1 is 0.909 bits per heavy atom. The van der Waals surface area contributed by atoms with E-state index < -0.39 is 11.8 Å². The van der Waals surface area contributed by atoms with Gasteiger partial charge in [0.2, 0.25) is 6.79 Å². The average Bonchev–Trinajstić information content (AvgIpc) is 3.32. The molecule has 8 heteroatoms. The first-order chi connectivity index (χ1) is 16.1. The van der Waals surface area contributed by atoms with E-state index in [2.05, 4.69) is 10.6 Å². The Balaban J connectivity index is 1.63. The standard InChI is InChI=1S/C25H22N2O6/c1-30-18-10-8-17(9-11-18)26-25(29)20(13-16-7-12-22-23(14-16)33-15-32-22)27-24(28)19-5-3-4-6-21(19)31-2/h3-14H,15H2,1-2H3,(H,26,29)(H,27,28)/b20-13+. The van der Waals surface area contributed by atoms with Gasteiger partial charge in [0.05, 0.1) is 19.8 Å². The van der Waals surface area contributed by atoms with E-state index in [1.54, 1.807) is 79.9 Å². The maximum atomic E-state index is 13.1. The smallest absolute Gasteiger partial charge is 0.272 e. The third-order valence-electron chi connectivity index (χ3n) is 4.90. The summed E-state index contributed by atoms with van der Waals surface area (Å²) >= 11 is 0. The highest BCUT2D eigenvalue weighted by Gasteiger charge is 2.19. The summed E-state index contributed by atoms with van der Waals surface area (Å²) in [7, 11) is 3.04. The number of fused-ring (bicyclic) bond motifs is 1. The van der Waals surface area contributed by atoms with Gasteiger partial charge in [-0.1, -0.05) is 18.2 Å². The molecule has 3 aromatic rings. The quantitative estimate of drug-likeness (QED) is 0.536. The molecule has 0 fully saturated rings. The molecule has 3 aromatic carbocycles. The van der Waals surface area contributed by atoms with Crippen LogP contribution in [-0.4, -0.2) is 32.8 Å². The molecule has 0 spiro atoms. The average molecular weight is 446 g/mol. The molecule has 2 amide bonds. The van der Waals surface area contributed by atoms with Gasteiger partial charge in [-0.25, -0.2) is 0 Å². The zero-order chi connectivity index (χ0) is 23.2. The lowest BCUT2D eigenvalue weighted by Gasteiger charge is -2.13. The molecule has 8 nitrogen and oxygen atoms in total. The van der Waals surface area contributed by atoms with Crippen molar-refractivity contribution in [3.8, 4) is 23.0 Å². The van der Waals surface area contributed by atoms with E-state index >= 15 is 0 Å². The zero-order valence-electron chi connectivity index (χ0n) is 18.1. The Hall–Kier alpha value is -4.46. The van der Waals surface area contributed by atoms with Crippen molar-refractivity contribution in [1.82, 2.24) is 5.32 Å². The van der Waals surface area contributed by atoms with Crippen LogP contribution in [-0.2, 0) is 4.79 Å². The Morgan fingerprint density at radius 3 is 2.42 bits per heavy atom. The van der Waals surface area contributed by atoms with Gasteiger partial charge in [0.15, 0.2) is 11.5 Å². The fourth-order valence-electron chi connectivity index (χ4n) is 3.22. The van der Waals surface area contributed by atoms with Gasteiger partial charge in [0.1, 0.15) is 17.2 Å². The second kappa shape index (κ2) is 9.78. The van der Waals surface area contributed by atoms with Crippen molar-refractivity contribution in [2.45, 2.75) is 0 Å². The molecule has 1 heterocycles. The first kappa shape index (κ1) is 21.8. The summed E-state index contributed by atoms with van der Waals surface area (Å²) in [6, 6.07) is 18.9. The molecule has 4 rings (SSSR count). The highest BCUT2D eigenvalue weighted by molar-refractivity contribution is 6.11. The molecular formula is C25H22N2O6. The van der Waals surface area contributed by atoms with Gasteiger partial charge in [-0.15, -0.1) is 0 Å². The van der Waals surface area contributed by atoms with Crippen LogP contribution in [0.15, 0.2) is 72.4 Å². The minimum absolute atomic E-state index is 0.0422. The topological polar surface area (TPSA) is 95.1 Å². The number of amides is 2. The summed E-state index contributed by atoms with van der Waals surface area (Å²) in [6.45, 7) is 0.137. The molecule has 1 aliphatic rings. The van der Waals surface area contributed by atoms with Crippen molar-refractivity contribution in [2.24, 2.45) is 0 Å². The summed E-state index contributed by atoms with van der Waals surface area (Å²) < 4.78 is 21.2. The Labute approximate surface area is 190 Å². The maximum absolute atomic E-state index is 13.1. The lowest BCUT2D eigenvalue weighted by atomic mass is 10.1. The van der Waals surface area contributed by atoms with Crippen molar-refractivity contribution < 1.29 is 28.5 Å². The largest absolute Gasteiger partial charge is 0.497 e. The molecule has 2 N–H and O–H groups in total. The number of ether oxygens (including phenoxy) is 4. The van der Waals surface area contributed by atoms with Gasteiger partial charge in [-0.05, 0) is 60.2 Å². The summed E-state index contributed by atoms with van der Waals surface area (Å²) in [6.07, 6.45) is 1.56. The molecular weight excluding hydrogens is 424 g/mol. The van der Waals surface area contributed by atoms with E-state index in [-0.39, 0.29) is 12.5 Å². The van der Waals surface area contributed by atoms with Crippen LogP contribution < -0.4 is 29.6 Å². The molecule has 1 aliphatic heterocycles. The van der Waals surface area contributed by atoms with Crippen molar-refractivity contribution in [3.63, 3.8) is 0 Å². The van der Waals surface area contributed by atoms with Crippen molar-refractivity contribution in [2.75, 3.05) is 26.3 Å². The van der Waals surface area contributed by atoms with E-state index in [1.807, 2.05) is 0 Å². The van der Waals surface area contributed by atoms with Gasteiger partial charge in [0.25, 0.3) is 11.8 Å². The molecule has 0 aliphatic carbocycles. The number of hydrogen-bond acceptors (Lipinski definition) is 6. The predicted octanol–water partition coefficient (Wildman–Crippen LogP) is 3.84. The van der Waals surface area contributed by atoms with Crippen molar-refractivity contribution >= 4 is 23.6 Å². The monoisotopic (exact) mass is 446 g/mol. The first-order valence-electron chi connectivity index (χ1n) is 10.1. The zero-order valence-corrected chi connectivity index (χ0v) is 18.1. The van der Waals surface area contributed by atoms with Gasteiger partial charge >= 0.3 is 0 Å². The normalized spacial score (nSPS) is 12.1. The number of benzene rings is 3. The molecule has 0 unspecified atom stereocenters. The highest BCUT2D eigenvalue weighted by atomic mass is 16.7. The molecule has 0 bridgehead atoms. The van der Waals surface area contributed by atoms with Crippen LogP contribution in [0.3, 0.4) is 0 Å². The van der Waals surface area contributed by atoms with Crippen molar-refractivity contribution in [3.05, 3.63) is 83.6 Å². The maximum Gasteiger partial charge on any atom is 0.272 e. The summed E-state index contributed by atoms with van der Waals surface area (Å²) in [5, 5.41) is 5.49. The van der Waals surface area contributed by atoms with Crippen LogP contribution in [0.2, 0.25) is 0 Å². The second-order valence-corrected chi connectivity index (χ2v) is 7.01. The SMILES string of the molecule is COc1ccc(NC(=O)/C(=C\c2ccc3c(c2)OCO3)NC(=O)c2ccccc2OC)cc1. The third kappa shape index (κ3) is 5.07. The molecule has 33 heavy (non-hydrogen) atoms. The fraction of sp³-hybridized carbons (Fsp3) is 0.120. The number of carbonyl (C=O) groups is 2. The molecule has 0 atom stereocenters. The summed E-state index contributed by atoms with van der Waals surface area (Å²) in [5.74, 6) is 1.26. The van der Waals surface area contributed by atoms with E-state index in [0.29, 0.717) is 39.8 Å². The third-order valence-corrected chi connectivity index (χ3v) is 4.90. The Morgan fingerprint density at radius 2 is 1.67 bits per heavy atom. The molecule has 0 saturated heterocycles. The van der Waals surface area contributed by atoms with E-state index in [9.17, 15) is 9.59 Å². The van der Waals surface area contributed by atoms with Crippen LogP contribution in [0.4, 0.5) is 5.69 Å².